The quantitative estimate of drug-likeness (QED) is 0.870. The predicted octanol–water partition coefficient (Wildman–Crippen LogP) is 2.26. The van der Waals surface area contributed by atoms with Crippen LogP contribution in [0, 0.1) is 0 Å². The van der Waals surface area contributed by atoms with Crippen molar-refractivity contribution in [2.24, 2.45) is 0 Å². The molecule has 3 rings (SSSR count). The molecule has 0 aromatic carbocycles. The number of rotatable bonds is 3. The summed E-state index contributed by atoms with van der Waals surface area (Å²) in [4.78, 5) is 16.4. The van der Waals surface area contributed by atoms with Crippen LogP contribution in [-0.4, -0.2) is 47.0 Å². The Balaban J connectivity index is 1.58. The van der Waals surface area contributed by atoms with E-state index in [4.69, 9.17) is 4.52 Å². The number of hydrogen-bond donors (Lipinski definition) is 0. The second kappa shape index (κ2) is 5.76. The van der Waals surface area contributed by atoms with Gasteiger partial charge in [0.05, 0.1) is 0 Å². The van der Waals surface area contributed by atoms with Gasteiger partial charge in [0.2, 0.25) is 0 Å². The van der Waals surface area contributed by atoms with Crippen molar-refractivity contribution in [2.45, 2.75) is 13.0 Å². The third kappa shape index (κ3) is 2.62. The van der Waals surface area contributed by atoms with Crippen LogP contribution in [0.5, 0.6) is 0 Å². The van der Waals surface area contributed by atoms with Crippen LogP contribution in [-0.2, 0) is 0 Å². The molecular weight excluding hydrogens is 274 g/mol. The third-order valence-corrected chi connectivity index (χ3v) is 4.53. The van der Waals surface area contributed by atoms with Crippen LogP contribution in [0.1, 0.15) is 29.0 Å². The van der Waals surface area contributed by atoms with Gasteiger partial charge in [0.25, 0.3) is 5.91 Å². The van der Waals surface area contributed by atoms with Crippen molar-refractivity contribution >= 4 is 17.2 Å². The Morgan fingerprint density at radius 1 is 1.35 bits per heavy atom. The van der Waals surface area contributed by atoms with Gasteiger partial charge in [-0.1, -0.05) is 5.16 Å². The molecule has 0 spiro atoms. The highest BCUT2D eigenvalue weighted by Crippen LogP contribution is 2.23. The summed E-state index contributed by atoms with van der Waals surface area (Å²) in [6, 6.07) is 4.19. The van der Waals surface area contributed by atoms with Gasteiger partial charge in [-0.05, 0) is 29.3 Å². The van der Waals surface area contributed by atoms with Crippen molar-refractivity contribution < 1.29 is 9.32 Å². The van der Waals surface area contributed by atoms with E-state index in [9.17, 15) is 4.79 Å². The molecule has 6 heteroatoms. The van der Waals surface area contributed by atoms with Crippen LogP contribution in [0.4, 0.5) is 0 Å². The zero-order chi connectivity index (χ0) is 13.9. The number of carbonyl (C=O) groups excluding carboxylic acids is 1. The van der Waals surface area contributed by atoms with E-state index >= 15 is 0 Å². The molecule has 3 heterocycles. The van der Waals surface area contributed by atoms with Crippen LogP contribution >= 0.6 is 11.3 Å². The molecule has 0 N–H and O–H groups in total. The molecule has 1 saturated heterocycles. The molecule has 1 aliphatic rings. The summed E-state index contributed by atoms with van der Waals surface area (Å²) in [6.07, 6.45) is 1.43. The van der Waals surface area contributed by atoms with Crippen LogP contribution in [0.15, 0.2) is 33.7 Å². The van der Waals surface area contributed by atoms with Gasteiger partial charge in [0.1, 0.15) is 6.26 Å². The maximum absolute atomic E-state index is 12.2. The topological polar surface area (TPSA) is 49.6 Å². The molecule has 0 radical (unpaired) electrons. The zero-order valence-corrected chi connectivity index (χ0v) is 12.2. The van der Waals surface area contributed by atoms with Crippen molar-refractivity contribution in [1.29, 1.82) is 0 Å². The average Bonchev–Trinajstić information content (AvgIpc) is 3.18. The summed E-state index contributed by atoms with van der Waals surface area (Å²) in [5, 5.41) is 8.01. The van der Waals surface area contributed by atoms with Gasteiger partial charge in [-0.15, -0.1) is 0 Å². The summed E-state index contributed by atoms with van der Waals surface area (Å²) >= 11 is 1.73. The molecule has 2 aromatic heterocycles. The van der Waals surface area contributed by atoms with E-state index in [1.165, 1.54) is 11.8 Å². The number of thiophene rings is 1. The Morgan fingerprint density at radius 3 is 2.75 bits per heavy atom. The molecule has 1 fully saturated rings. The fourth-order valence-corrected chi connectivity index (χ4v) is 3.27. The molecule has 1 aliphatic heterocycles. The molecule has 1 unspecified atom stereocenters. The smallest absolute Gasteiger partial charge is 0.276 e. The van der Waals surface area contributed by atoms with Crippen molar-refractivity contribution in [3.05, 3.63) is 40.4 Å². The van der Waals surface area contributed by atoms with Crippen molar-refractivity contribution in [3.63, 3.8) is 0 Å². The van der Waals surface area contributed by atoms with Gasteiger partial charge in [0, 0.05) is 38.3 Å². The summed E-state index contributed by atoms with van der Waals surface area (Å²) < 4.78 is 4.73. The van der Waals surface area contributed by atoms with Crippen LogP contribution in [0.2, 0.25) is 0 Å². The van der Waals surface area contributed by atoms with E-state index < -0.39 is 0 Å². The fraction of sp³-hybridized carbons (Fsp3) is 0.429. The highest BCUT2D eigenvalue weighted by Gasteiger charge is 2.26. The average molecular weight is 291 g/mol. The largest absolute Gasteiger partial charge is 0.364 e. The molecule has 5 nitrogen and oxygen atoms in total. The lowest BCUT2D eigenvalue weighted by molar-refractivity contribution is 0.0573. The predicted molar refractivity (Wildman–Crippen MR) is 76.7 cm³/mol. The maximum Gasteiger partial charge on any atom is 0.276 e. The number of hydrogen-bond acceptors (Lipinski definition) is 5. The fourth-order valence-electron chi connectivity index (χ4n) is 2.52. The summed E-state index contributed by atoms with van der Waals surface area (Å²) in [7, 11) is 0. The van der Waals surface area contributed by atoms with Crippen LogP contribution in [0.3, 0.4) is 0 Å². The Hall–Kier alpha value is -1.66. The number of amides is 1. The van der Waals surface area contributed by atoms with E-state index in [1.54, 1.807) is 17.4 Å². The molecular formula is C14H17N3O2S. The van der Waals surface area contributed by atoms with E-state index in [1.807, 2.05) is 4.90 Å². The SMILES string of the molecule is CC(c1ccsc1)N1CCN(C(=O)c2ccon2)CC1. The Morgan fingerprint density at radius 2 is 2.15 bits per heavy atom. The second-order valence-corrected chi connectivity index (χ2v) is 5.73. The molecule has 2 aromatic rings. The minimum absolute atomic E-state index is 0.0402. The highest BCUT2D eigenvalue weighted by molar-refractivity contribution is 7.07. The molecule has 20 heavy (non-hydrogen) atoms. The number of piperazine rings is 1. The lowest BCUT2D eigenvalue weighted by atomic mass is 10.1. The Labute approximate surface area is 121 Å². The molecule has 0 aliphatic carbocycles. The van der Waals surface area contributed by atoms with Crippen molar-refractivity contribution in [3.8, 4) is 0 Å². The third-order valence-electron chi connectivity index (χ3n) is 3.83. The van der Waals surface area contributed by atoms with Gasteiger partial charge < -0.3 is 9.42 Å². The first-order valence-corrected chi connectivity index (χ1v) is 7.66. The van der Waals surface area contributed by atoms with Gasteiger partial charge in [-0.2, -0.15) is 11.3 Å². The van der Waals surface area contributed by atoms with Crippen LogP contribution in [0.25, 0.3) is 0 Å². The maximum atomic E-state index is 12.2. The Bertz CT molecular complexity index is 545. The van der Waals surface area contributed by atoms with E-state index in [2.05, 4.69) is 33.8 Å². The summed E-state index contributed by atoms with van der Waals surface area (Å²) in [6.45, 7) is 5.47. The standard InChI is InChI=1S/C14H17N3O2S/c1-11(12-3-9-20-10-12)16-4-6-17(7-5-16)14(18)13-2-8-19-15-13/h2-3,8-11H,4-7H2,1H3. The first kappa shape index (κ1) is 13.3. The first-order valence-electron chi connectivity index (χ1n) is 6.71. The van der Waals surface area contributed by atoms with Gasteiger partial charge >= 0.3 is 0 Å². The van der Waals surface area contributed by atoms with Crippen molar-refractivity contribution in [2.75, 3.05) is 26.2 Å². The lowest BCUT2D eigenvalue weighted by Crippen LogP contribution is -2.49. The van der Waals surface area contributed by atoms with Crippen LogP contribution < -0.4 is 0 Å². The van der Waals surface area contributed by atoms with E-state index in [0.717, 1.165) is 26.2 Å². The molecule has 0 saturated carbocycles. The minimum atomic E-state index is -0.0402. The highest BCUT2D eigenvalue weighted by atomic mass is 32.1. The van der Waals surface area contributed by atoms with E-state index in [-0.39, 0.29) is 5.91 Å². The Kier molecular flexibility index (Phi) is 3.84. The minimum Gasteiger partial charge on any atom is -0.364 e. The second-order valence-electron chi connectivity index (χ2n) is 4.95. The summed E-state index contributed by atoms with van der Waals surface area (Å²) in [5.41, 5.74) is 1.75. The molecule has 1 amide bonds. The number of carbonyl (C=O) groups is 1. The van der Waals surface area contributed by atoms with Gasteiger partial charge in [-0.3, -0.25) is 9.69 Å². The normalized spacial score (nSPS) is 18.1. The lowest BCUT2D eigenvalue weighted by Gasteiger charge is -2.37. The monoisotopic (exact) mass is 291 g/mol. The number of aromatic nitrogens is 1. The molecule has 106 valence electrons. The summed E-state index contributed by atoms with van der Waals surface area (Å²) in [5.74, 6) is -0.0402. The van der Waals surface area contributed by atoms with Gasteiger partial charge in [-0.25, -0.2) is 0 Å². The first-order chi connectivity index (χ1) is 9.75. The zero-order valence-electron chi connectivity index (χ0n) is 11.4. The van der Waals surface area contributed by atoms with Gasteiger partial charge in [0.15, 0.2) is 5.69 Å². The van der Waals surface area contributed by atoms with Crippen molar-refractivity contribution in [1.82, 2.24) is 15.0 Å². The number of nitrogens with zero attached hydrogens (tertiary/aromatic N) is 3. The van der Waals surface area contributed by atoms with E-state index in [0.29, 0.717) is 11.7 Å². The molecule has 1 atom stereocenters. The molecule has 0 bridgehead atoms.